The molecule has 0 radical (unpaired) electrons. The molecule has 18 heteroatoms. The van der Waals surface area contributed by atoms with Crippen molar-refractivity contribution in [1.29, 1.82) is 0 Å². The minimum absolute atomic E-state index is 0.260. The molecule has 1 saturated heterocycles. The molecule has 1 N–H and O–H groups in total. The number of urea groups is 1. The lowest BCUT2D eigenvalue weighted by atomic mass is 9.99. The van der Waals surface area contributed by atoms with Crippen molar-refractivity contribution in [3.8, 4) is 0 Å². The smallest absolute Gasteiger partial charge is 0.455 e. The summed E-state index contributed by atoms with van der Waals surface area (Å²) in [5.41, 5.74) is -2.43. The summed E-state index contributed by atoms with van der Waals surface area (Å²) in [7, 11) is -13.4. The van der Waals surface area contributed by atoms with Gasteiger partial charge in [0.25, 0.3) is 31.3 Å². The van der Waals surface area contributed by atoms with Crippen LogP contribution in [-0.2, 0) is 52.7 Å². The number of benzene rings is 2. The number of esters is 1. The van der Waals surface area contributed by atoms with Crippen molar-refractivity contribution in [2.75, 3.05) is 34.0 Å². The lowest BCUT2D eigenvalue weighted by Crippen LogP contribution is -2.60. The van der Waals surface area contributed by atoms with E-state index in [0.717, 1.165) is 38.5 Å². The number of ether oxygens (including phenoxy) is 2. The normalized spacial score (nSPS) is 18.1. The number of sulfonamides is 2. The van der Waals surface area contributed by atoms with Gasteiger partial charge in [-0.3, -0.25) is 4.79 Å². The number of aryl methyl sites for hydroxylation is 2. The molecule has 2 aromatic rings. The number of amides is 3. The number of carbonyl (C=O) groups is 3. The van der Waals surface area contributed by atoms with E-state index in [9.17, 15) is 36.3 Å². The van der Waals surface area contributed by atoms with Crippen LogP contribution in [0.5, 0.6) is 0 Å². The van der Waals surface area contributed by atoms with Crippen LogP contribution < -0.4 is 0 Å². The number of imide groups is 1. The number of rotatable bonds is 14. The van der Waals surface area contributed by atoms with Crippen LogP contribution in [0.3, 0.4) is 0 Å². The van der Waals surface area contributed by atoms with Crippen LogP contribution in [0, 0.1) is 13.8 Å². The molecule has 0 aliphatic carbocycles. The molecular formula is C28H36N2O13PS2+. The molecule has 3 amide bonds. The second-order valence-electron chi connectivity index (χ2n) is 9.56. The van der Waals surface area contributed by atoms with Crippen LogP contribution in [0.1, 0.15) is 31.9 Å². The molecule has 1 aliphatic rings. The Labute approximate surface area is 268 Å². The summed E-state index contributed by atoms with van der Waals surface area (Å²) < 4.78 is 83.8. The fourth-order valence-electron chi connectivity index (χ4n) is 4.67. The zero-order valence-electron chi connectivity index (χ0n) is 26.2. The summed E-state index contributed by atoms with van der Waals surface area (Å²) in [6.07, 6.45) is 0. The van der Waals surface area contributed by atoms with Crippen molar-refractivity contribution in [2.24, 2.45) is 0 Å². The van der Waals surface area contributed by atoms with Crippen LogP contribution >= 0.6 is 7.94 Å². The molecule has 0 aromatic heterocycles. The fraction of sp³-hybridized carbons (Fsp3) is 0.393. The molecule has 252 valence electrons. The zero-order valence-corrected chi connectivity index (χ0v) is 28.8. The Bertz CT molecular complexity index is 1710. The molecule has 2 aromatic carbocycles. The van der Waals surface area contributed by atoms with E-state index >= 15 is 0 Å². The van der Waals surface area contributed by atoms with E-state index in [1.54, 1.807) is 13.8 Å². The minimum atomic E-state index is -5.37. The van der Waals surface area contributed by atoms with Gasteiger partial charge < -0.3 is 14.6 Å². The Morgan fingerprint density at radius 3 is 1.54 bits per heavy atom. The molecule has 0 bridgehead atoms. The fourth-order valence-corrected chi connectivity index (χ4v) is 10.3. The summed E-state index contributed by atoms with van der Waals surface area (Å²) in [5, 5.41) is 10.2. The average molecular weight is 704 g/mol. The molecule has 1 fully saturated rings. The van der Waals surface area contributed by atoms with Crippen molar-refractivity contribution >= 4 is 45.9 Å². The van der Waals surface area contributed by atoms with E-state index in [2.05, 4.69) is 0 Å². The van der Waals surface area contributed by atoms with Gasteiger partial charge in [0.1, 0.15) is 0 Å². The molecule has 1 unspecified atom stereocenters. The van der Waals surface area contributed by atoms with Gasteiger partial charge in [0, 0.05) is 0 Å². The van der Waals surface area contributed by atoms with Gasteiger partial charge in [-0.25, -0.2) is 26.4 Å². The first kappa shape index (κ1) is 36.9. The average Bonchev–Trinajstić information content (AvgIpc) is 3.24. The van der Waals surface area contributed by atoms with Gasteiger partial charge in [-0.15, -0.1) is 4.31 Å². The number of aliphatic hydroxyl groups excluding tert-OH is 1. The number of carbonyl (C=O) groups excluding carboxylic acids is 3. The summed E-state index contributed by atoms with van der Waals surface area (Å²) in [6, 6.07) is 7.85. The monoisotopic (exact) mass is 703 g/mol. The van der Waals surface area contributed by atoms with Crippen molar-refractivity contribution in [3.05, 3.63) is 70.9 Å². The van der Waals surface area contributed by atoms with E-state index in [0.29, 0.717) is 11.1 Å². The van der Waals surface area contributed by atoms with Gasteiger partial charge in [-0.2, -0.15) is 17.9 Å². The zero-order chi connectivity index (χ0) is 34.7. The third-order valence-electron chi connectivity index (χ3n) is 6.65. The number of hydrogen-bond acceptors (Lipinski definition) is 13. The van der Waals surface area contributed by atoms with Gasteiger partial charge in [0.15, 0.2) is 0 Å². The quantitative estimate of drug-likeness (QED) is 0.0983. The molecule has 0 saturated carbocycles. The van der Waals surface area contributed by atoms with E-state index in [-0.39, 0.29) is 28.4 Å². The minimum Gasteiger partial charge on any atom is -0.478 e. The molecule has 3 rings (SSSR count). The summed E-state index contributed by atoms with van der Waals surface area (Å²) in [4.78, 5) is 42.0. The Balaban J connectivity index is 2.64. The second kappa shape index (κ2) is 14.0. The topological polar surface area (TPSA) is 192 Å². The number of aliphatic hydroxyl groups is 1. The highest BCUT2D eigenvalue weighted by Gasteiger charge is 2.81. The molecule has 46 heavy (non-hydrogen) atoms. The van der Waals surface area contributed by atoms with Crippen molar-refractivity contribution in [3.63, 3.8) is 0 Å². The van der Waals surface area contributed by atoms with E-state index < -0.39 is 72.5 Å². The van der Waals surface area contributed by atoms with Gasteiger partial charge in [0.2, 0.25) is 0 Å². The van der Waals surface area contributed by atoms with Gasteiger partial charge in [-0.05, 0) is 58.9 Å². The lowest BCUT2D eigenvalue weighted by Gasteiger charge is -2.34. The van der Waals surface area contributed by atoms with Crippen LogP contribution in [0.2, 0.25) is 0 Å². The van der Waals surface area contributed by atoms with E-state index in [4.69, 9.17) is 23.0 Å². The van der Waals surface area contributed by atoms with Crippen molar-refractivity contribution in [1.82, 2.24) is 8.61 Å². The van der Waals surface area contributed by atoms with Gasteiger partial charge in [-0.1, -0.05) is 35.4 Å². The molecule has 1 aliphatic heterocycles. The Morgan fingerprint density at radius 2 is 1.17 bits per heavy atom. The maximum Gasteiger partial charge on any atom is 0.455 e. The van der Waals surface area contributed by atoms with E-state index in [1.807, 2.05) is 0 Å². The molecule has 1 atom stereocenters. The van der Waals surface area contributed by atoms with Crippen molar-refractivity contribution in [2.45, 2.75) is 49.9 Å². The Hall–Kier alpha value is -3.60. The lowest BCUT2D eigenvalue weighted by molar-refractivity contribution is -0.153. The standard InChI is InChI=1S/C28H35N2O13PS2/c1-8-41-44(42-9-2,43-10-3)23(24(31)39-6)28(26(33)40-7)25(32)29(45(35,36)21-15-11-19(4)12-16-21)27(34)30(28)46(37,38)22-17-13-20(5)14-18-22/h11-18H,8-10H2,1-7H3/p+1/b24-23-. The predicted molar refractivity (Wildman–Crippen MR) is 164 cm³/mol. The largest absolute Gasteiger partial charge is 0.478 e. The first-order valence-electron chi connectivity index (χ1n) is 13.8. The number of hydrogen-bond donors (Lipinski definition) is 1. The van der Waals surface area contributed by atoms with Crippen LogP contribution in [0.4, 0.5) is 4.79 Å². The maximum atomic E-state index is 14.8. The maximum absolute atomic E-state index is 14.8. The van der Waals surface area contributed by atoms with Crippen LogP contribution in [-0.4, -0.2) is 88.0 Å². The van der Waals surface area contributed by atoms with Gasteiger partial charge in [0.05, 0.1) is 43.8 Å². The Morgan fingerprint density at radius 1 is 0.761 bits per heavy atom. The van der Waals surface area contributed by atoms with Crippen LogP contribution in [0.15, 0.2) is 69.6 Å². The van der Waals surface area contributed by atoms with Crippen LogP contribution in [0.25, 0.3) is 0 Å². The summed E-state index contributed by atoms with van der Waals surface area (Å²) in [5.74, 6) is -5.08. The second-order valence-corrected chi connectivity index (χ2v) is 15.4. The molecule has 0 spiro atoms. The first-order valence-corrected chi connectivity index (χ1v) is 18.2. The molecular weight excluding hydrogens is 667 g/mol. The third kappa shape index (κ3) is 5.98. The highest BCUT2D eigenvalue weighted by molar-refractivity contribution is 7.91. The summed E-state index contributed by atoms with van der Waals surface area (Å²) in [6.45, 7) is 6.93. The highest BCUT2D eigenvalue weighted by atomic mass is 32.2. The third-order valence-corrected chi connectivity index (χ3v) is 13.0. The molecule has 15 nitrogen and oxygen atoms in total. The highest BCUT2D eigenvalue weighted by Crippen LogP contribution is 2.73. The molecule has 1 heterocycles. The number of nitrogens with zero attached hydrogens (tertiary/aromatic N) is 2. The van der Waals surface area contributed by atoms with Crippen molar-refractivity contribution < 1.29 is 59.4 Å². The predicted octanol–water partition coefficient (Wildman–Crippen LogP) is 3.80. The summed E-state index contributed by atoms with van der Waals surface area (Å²) >= 11 is 0. The van der Waals surface area contributed by atoms with Gasteiger partial charge >= 0.3 is 31.4 Å². The first-order chi connectivity index (χ1) is 21.6. The Kier molecular flexibility index (Phi) is 11.2. The SMILES string of the molecule is CCO[P+](OCC)(OCC)/C(=C(/O)OC)C1(C(=O)OC)C(=O)N(S(=O)(=O)c2ccc(C)cc2)C(=O)N1S(=O)(=O)c1ccc(C)cc1. The number of methoxy groups -OCH3 is 2. The van der Waals surface area contributed by atoms with E-state index in [1.165, 1.54) is 45.0 Å².